The Kier molecular flexibility index (Phi) is 6.17. The molecule has 0 unspecified atom stereocenters. The first-order valence-electron chi connectivity index (χ1n) is 9.75. The highest BCUT2D eigenvalue weighted by Gasteiger charge is 2.28. The van der Waals surface area contributed by atoms with Crippen molar-refractivity contribution in [3.8, 4) is 0 Å². The Hall–Kier alpha value is -3.01. The van der Waals surface area contributed by atoms with Gasteiger partial charge >= 0.3 is 0 Å². The van der Waals surface area contributed by atoms with Crippen LogP contribution in [0.1, 0.15) is 50.6 Å². The van der Waals surface area contributed by atoms with Gasteiger partial charge in [0, 0.05) is 26.8 Å². The van der Waals surface area contributed by atoms with Crippen molar-refractivity contribution < 1.29 is 18.4 Å². The number of rotatable bonds is 4. The van der Waals surface area contributed by atoms with Crippen LogP contribution in [-0.2, 0) is 6.42 Å². The lowest BCUT2D eigenvalue weighted by atomic mass is 9.93. The van der Waals surface area contributed by atoms with E-state index in [4.69, 9.17) is 4.42 Å². The van der Waals surface area contributed by atoms with E-state index in [1.165, 1.54) is 18.2 Å². The topological polar surface area (TPSA) is 83.7 Å². The molecule has 1 heterocycles. The van der Waals surface area contributed by atoms with Crippen LogP contribution in [0, 0.1) is 16.3 Å². The lowest BCUT2D eigenvalue weighted by Crippen LogP contribution is -2.23. The molecule has 0 aliphatic heterocycles. The Labute approximate surface area is 192 Å². The van der Waals surface area contributed by atoms with Gasteiger partial charge in [0.05, 0.1) is 11.3 Å². The number of hydrogen-bond donors (Lipinski definition) is 2. The zero-order valence-electron chi connectivity index (χ0n) is 16.7. The molecule has 0 radical (unpaired) electrons. The third-order valence-electron chi connectivity index (χ3n) is 5.04. The molecule has 1 aliphatic carbocycles. The van der Waals surface area contributed by atoms with Gasteiger partial charge in [-0.15, -0.1) is 0 Å². The van der Waals surface area contributed by atoms with E-state index in [9.17, 15) is 14.0 Å². The summed E-state index contributed by atoms with van der Waals surface area (Å²) in [6.07, 6.45) is 2.06. The van der Waals surface area contributed by atoms with E-state index >= 15 is 0 Å². The maximum Gasteiger partial charge on any atom is 0.291 e. The quantitative estimate of drug-likeness (QED) is 0.365. The summed E-state index contributed by atoms with van der Waals surface area (Å²) in [5, 5.41) is 7.07. The van der Waals surface area contributed by atoms with E-state index in [-0.39, 0.29) is 17.2 Å². The van der Waals surface area contributed by atoms with E-state index in [1.807, 2.05) is 24.3 Å². The first kappa shape index (κ1) is 21.2. The summed E-state index contributed by atoms with van der Waals surface area (Å²) in [5.41, 5.74) is 5.02. The third-order valence-corrected chi connectivity index (χ3v) is 5.76. The molecule has 6 nitrogen and oxygen atoms in total. The number of halogens is 2. The van der Waals surface area contributed by atoms with Crippen LogP contribution in [0.4, 0.5) is 10.1 Å². The van der Waals surface area contributed by atoms with Crippen LogP contribution in [0.15, 0.2) is 58.0 Å². The van der Waals surface area contributed by atoms with Gasteiger partial charge in [0.1, 0.15) is 11.6 Å². The molecule has 2 N–H and O–H groups in total. The van der Waals surface area contributed by atoms with Crippen LogP contribution in [0.25, 0.3) is 0 Å². The van der Waals surface area contributed by atoms with Crippen LogP contribution in [-0.4, -0.2) is 17.5 Å². The fraction of sp³-hybridized carbons (Fsp3) is 0.174. The van der Waals surface area contributed by atoms with Crippen molar-refractivity contribution in [1.82, 2.24) is 5.43 Å². The van der Waals surface area contributed by atoms with Gasteiger partial charge in [-0.2, -0.15) is 5.10 Å². The number of anilines is 1. The molecule has 1 aliphatic rings. The van der Waals surface area contributed by atoms with Crippen LogP contribution in [0.5, 0.6) is 0 Å². The number of hydrogen-bond acceptors (Lipinski definition) is 4. The first-order chi connectivity index (χ1) is 14.9. The summed E-state index contributed by atoms with van der Waals surface area (Å²) in [6.45, 7) is 1.80. The molecule has 0 saturated heterocycles. The van der Waals surface area contributed by atoms with Crippen LogP contribution in [0.2, 0.25) is 0 Å². The maximum atomic E-state index is 13.8. The standard InChI is InChI=1S/C23H19FIN3O3/c1-13-20-18(27-28-22(29)16-5-2-3-6-17(16)24)7-4-8-19(20)31-21(13)23(30)26-15-11-9-14(25)10-12-15/h2-3,5-6,9-12H,4,7-8H2,1H3,(H,26,30)(H,28,29)/b27-18+. The second kappa shape index (κ2) is 9.01. The van der Waals surface area contributed by atoms with E-state index < -0.39 is 11.7 Å². The molecule has 0 fully saturated rings. The highest BCUT2D eigenvalue weighted by molar-refractivity contribution is 14.1. The summed E-state index contributed by atoms with van der Waals surface area (Å²) < 4.78 is 20.8. The number of nitrogens with zero attached hydrogens (tertiary/aromatic N) is 1. The molecule has 31 heavy (non-hydrogen) atoms. The fourth-order valence-electron chi connectivity index (χ4n) is 3.54. The molecule has 0 bridgehead atoms. The SMILES string of the molecule is Cc1c(C(=O)Nc2ccc(I)cc2)oc2c1/C(=N/NC(=O)c1ccccc1F)CCC2. The highest BCUT2D eigenvalue weighted by atomic mass is 127. The Bertz CT molecular complexity index is 1190. The van der Waals surface area contributed by atoms with E-state index in [0.717, 1.165) is 15.6 Å². The first-order valence-corrected chi connectivity index (χ1v) is 10.8. The number of furan rings is 1. The molecule has 4 rings (SSSR count). The maximum absolute atomic E-state index is 13.8. The van der Waals surface area contributed by atoms with E-state index in [1.54, 1.807) is 13.0 Å². The summed E-state index contributed by atoms with van der Waals surface area (Å²) in [5.74, 6) is -0.703. The average Bonchev–Trinajstić information content (AvgIpc) is 3.11. The van der Waals surface area contributed by atoms with Gasteiger partial charge in [-0.25, -0.2) is 9.82 Å². The summed E-state index contributed by atoms with van der Waals surface area (Å²) in [6, 6.07) is 13.2. The number of fused-ring (bicyclic) bond motifs is 1. The van der Waals surface area contributed by atoms with Crippen molar-refractivity contribution in [2.45, 2.75) is 26.2 Å². The molecular weight excluding hydrogens is 512 g/mol. The second-order valence-corrected chi connectivity index (χ2v) is 8.39. The van der Waals surface area contributed by atoms with Crippen molar-refractivity contribution in [2.75, 3.05) is 5.32 Å². The smallest absolute Gasteiger partial charge is 0.291 e. The third kappa shape index (κ3) is 4.53. The number of carbonyl (C=O) groups excluding carboxylic acids is 2. The molecule has 0 saturated carbocycles. The van der Waals surface area contributed by atoms with Crippen LogP contribution >= 0.6 is 22.6 Å². The van der Waals surface area contributed by atoms with Gasteiger partial charge in [-0.05, 0) is 78.8 Å². The van der Waals surface area contributed by atoms with Gasteiger partial charge in [-0.1, -0.05) is 12.1 Å². The monoisotopic (exact) mass is 531 g/mol. The molecular formula is C23H19FIN3O3. The largest absolute Gasteiger partial charge is 0.455 e. The van der Waals surface area contributed by atoms with Crippen LogP contribution < -0.4 is 10.7 Å². The number of aryl methyl sites for hydroxylation is 1. The van der Waals surface area contributed by atoms with Crippen molar-refractivity contribution in [2.24, 2.45) is 5.10 Å². The van der Waals surface area contributed by atoms with Gasteiger partial charge in [-0.3, -0.25) is 9.59 Å². The van der Waals surface area contributed by atoms with Gasteiger partial charge < -0.3 is 9.73 Å². The van der Waals surface area contributed by atoms with Crippen molar-refractivity contribution in [3.63, 3.8) is 0 Å². The highest BCUT2D eigenvalue weighted by Crippen LogP contribution is 2.30. The lowest BCUT2D eigenvalue weighted by molar-refractivity contribution is 0.0949. The molecule has 1 aromatic heterocycles. The van der Waals surface area contributed by atoms with Crippen molar-refractivity contribution >= 4 is 45.8 Å². The minimum atomic E-state index is -0.629. The summed E-state index contributed by atoms with van der Waals surface area (Å²) >= 11 is 2.20. The number of nitrogens with one attached hydrogen (secondary N) is 2. The normalized spacial score (nSPS) is 14.2. The molecule has 158 valence electrons. The number of hydrazone groups is 1. The van der Waals surface area contributed by atoms with Gasteiger partial charge in [0.25, 0.3) is 11.8 Å². The average molecular weight is 531 g/mol. The molecule has 8 heteroatoms. The van der Waals surface area contributed by atoms with Crippen molar-refractivity contribution in [3.05, 3.63) is 86.1 Å². The van der Waals surface area contributed by atoms with Gasteiger partial charge in [0.15, 0.2) is 5.76 Å². The summed E-state index contributed by atoms with van der Waals surface area (Å²) in [7, 11) is 0. The zero-order chi connectivity index (χ0) is 22.0. The Balaban J connectivity index is 1.57. The number of benzene rings is 2. The second-order valence-electron chi connectivity index (χ2n) is 7.15. The zero-order valence-corrected chi connectivity index (χ0v) is 18.8. The Morgan fingerprint density at radius 2 is 1.81 bits per heavy atom. The van der Waals surface area contributed by atoms with Crippen LogP contribution in [0.3, 0.4) is 0 Å². The Morgan fingerprint density at radius 3 is 2.55 bits per heavy atom. The van der Waals surface area contributed by atoms with Gasteiger partial charge in [0.2, 0.25) is 0 Å². The Morgan fingerprint density at radius 1 is 1.06 bits per heavy atom. The summed E-state index contributed by atoms with van der Waals surface area (Å²) in [4.78, 5) is 25.1. The molecule has 0 spiro atoms. The predicted octanol–water partition coefficient (Wildman–Crippen LogP) is 5.05. The molecule has 2 aromatic carbocycles. The van der Waals surface area contributed by atoms with E-state index in [0.29, 0.717) is 35.6 Å². The predicted molar refractivity (Wildman–Crippen MR) is 124 cm³/mol. The minimum absolute atomic E-state index is 0.0793. The molecule has 0 atom stereocenters. The minimum Gasteiger partial charge on any atom is -0.455 e. The molecule has 3 aromatic rings. The number of amides is 2. The lowest BCUT2D eigenvalue weighted by Gasteiger charge is -2.13. The van der Waals surface area contributed by atoms with Crippen molar-refractivity contribution in [1.29, 1.82) is 0 Å². The fourth-order valence-corrected chi connectivity index (χ4v) is 3.90. The van der Waals surface area contributed by atoms with E-state index in [2.05, 4.69) is 38.4 Å². The molecule has 2 amide bonds. The number of carbonyl (C=O) groups is 2.